The number of ether oxygens (including phenoxy) is 1. The van der Waals surface area contributed by atoms with E-state index in [1.165, 1.54) is 0 Å². The summed E-state index contributed by atoms with van der Waals surface area (Å²) in [5, 5.41) is 0. The van der Waals surface area contributed by atoms with Gasteiger partial charge in [0, 0.05) is 12.1 Å². The molecule has 0 aromatic heterocycles. The summed E-state index contributed by atoms with van der Waals surface area (Å²) in [6.07, 6.45) is 0.717. The van der Waals surface area contributed by atoms with Crippen molar-refractivity contribution in [2.24, 2.45) is 5.92 Å². The molecule has 1 heterocycles. The molecule has 1 saturated heterocycles. The van der Waals surface area contributed by atoms with E-state index >= 15 is 0 Å². The number of nitrogens with zero attached hydrogens (tertiary/aromatic N) is 2. The van der Waals surface area contributed by atoms with Gasteiger partial charge in [0.1, 0.15) is 18.3 Å². The Balaban J connectivity index is 1.96. The molecule has 0 saturated carbocycles. The third-order valence-corrected chi connectivity index (χ3v) is 6.48. The molecule has 186 valence electrons. The Hall–Kier alpha value is -3.25. The average Bonchev–Trinajstić information content (AvgIpc) is 3.10. The normalized spacial score (nSPS) is 17.8. The van der Waals surface area contributed by atoms with Gasteiger partial charge in [-0.2, -0.15) is 0 Å². The zero-order chi connectivity index (χ0) is 25.5. The number of aryl methyl sites for hydroxylation is 1. The number of Topliss-reactive ketones (excluding diaryl/α,β-unsaturated/α-hetero) is 2. The number of ketones is 2. The lowest BCUT2D eigenvalue weighted by Crippen LogP contribution is -2.34. The van der Waals surface area contributed by atoms with E-state index in [2.05, 4.69) is 25.3 Å². The van der Waals surface area contributed by atoms with Gasteiger partial charge >= 0.3 is 0 Å². The standard InChI is InChI=1S/C29H36N2O4/c1-6-30(7-2)16-9-17-31-26(23-10-8-11-24(18-23)35-19-20(3)4)25(28(33)29(31)34)27(32)22-14-12-21(5)13-15-22/h8,10-15,18,25-26H,3,6-7,9,16-17,19H2,1-2,4-5H3. The van der Waals surface area contributed by atoms with Gasteiger partial charge in [0.05, 0.1) is 6.04 Å². The van der Waals surface area contributed by atoms with Crippen molar-refractivity contribution in [3.63, 3.8) is 0 Å². The number of likely N-dealkylation sites (tertiary alicyclic amines) is 1. The third-order valence-electron chi connectivity index (χ3n) is 6.48. The van der Waals surface area contributed by atoms with Crippen molar-refractivity contribution in [1.29, 1.82) is 0 Å². The summed E-state index contributed by atoms with van der Waals surface area (Å²) < 4.78 is 5.81. The van der Waals surface area contributed by atoms with Crippen LogP contribution in [0.1, 0.15) is 54.7 Å². The predicted molar refractivity (Wildman–Crippen MR) is 138 cm³/mol. The highest BCUT2D eigenvalue weighted by Gasteiger charge is 2.51. The molecule has 1 aliphatic rings. The van der Waals surface area contributed by atoms with Crippen molar-refractivity contribution in [3.8, 4) is 5.75 Å². The van der Waals surface area contributed by atoms with E-state index in [-0.39, 0.29) is 5.78 Å². The minimum Gasteiger partial charge on any atom is -0.489 e. The highest BCUT2D eigenvalue weighted by molar-refractivity contribution is 6.44. The fourth-order valence-electron chi connectivity index (χ4n) is 4.50. The summed E-state index contributed by atoms with van der Waals surface area (Å²) in [7, 11) is 0. The van der Waals surface area contributed by atoms with Crippen LogP contribution in [0.25, 0.3) is 0 Å². The van der Waals surface area contributed by atoms with Crippen LogP contribution in [-0.2, 0) is 9.59 Å². The fourth-order valence-corrected chi connectivity index (χ4v) is 4.50. The third kappa shape index (κ3) is 6.25. The van der Waals surface area contributed by atoms with Crippen LogP contribution in [0.2, 0.25) is 0 Å². The number of hydrogen-bond donors (Lipinski definition) is 0. The average molecular weight is 477 g/mol. The number of hydrogen-bond acceptors (Lipinski definition) is 5. The Morgan fingerprint density at radius 1 is 1.09 bits per heavy atom. The van der Waals surface area contributed by atoms with Crippen molar-refractivity contribution >= 4 is 17.5 Å². The summed E-state index contributed by atoms with van der Waals surface area (Å²) >= 11 is 0. The highest BCUT2D eigenvalue weighted by atomic mass is 16.5. The Bertz CT molecular complexity index is 1070. The predicted octanol–water partition coefficient (Wildman–Crippen LogP) is 4.63. The van der Waals surface area contributed by atoms with Gasteiger partial charge in [-0.25, -0.2) is 0 Å². The number of carbonyl (C=O) groups is 3. The monoisotopic (exact) mass is 476 g/mol. The van der Waals surface area contributed by atoms with Gasteiger partial charge < -0.3 is 14.5 Å². The SMILES string of the molecule is C=C(C)COc1cccc(C2C(C(=O)c3ccc(C)cc3)C(=O)C(=O)N2CCCN(CC)CC)c1. The van der Waals surface area contributed by atoms with Crippen LogP contribution >= 0.6 is 0 Å². The van der Waals surface area contributed by atoms with Crippen LogP contribution in [0.4, 0.5) is 0 Å². The molecule has 2 aromatic carbocycles. The molecule has 1 aliphatic heterocycles. The summed E-state index contributed by atoms with van der Waals surface area (Å²) in [4.78, 5) is 43.8. The maximum atomic E-state index is 13.6. The fraction of sp³-hybridized carbons (Fsp3) is 0.414. The largest absolute Gasteiger partial charge is 0.489 e. The molecular formula is C29H36N2O4. The van der Waals surface area contributed by atoms with Crippen molar-refractivity contribution in [2.75, 3.05) is 32.8 Å². The van der Waals surface area contributed by atoms with Gasteiger partial charge in [-0.1, -0.05) is 62.4 Å². The lowest BCUT2D eigenvalue weighted by atomic mass is 9.86. The first-order chi connectivity index (χ1) is 16.8. The summed E-state index contributed by atoms with van der Waals surface area (Å²) in [5.41, 5.74) is 3.06. The first kappa shape index (κ1) is 26.4. The first-order valence-electron chi connectivity index (χ1n) is 12.3. The molecule has 3 rings (SSSR count). The first-order valence-corrected chi connectivity index (χ1v) is 12.3. The minimum absolute atomic E-state index is 0.326. The molecule has 0 spiro atoms. The second kappa shape index (κ2) is 11.9. The maximum absolute atomic E-state index is 13.6. The quantitative estimate of drug-likeness (QED) is 0.193. The number of amides is 1. The molecule has 2 aromatic rings. The molecule has 0 bridgehead atoms. The number of rotatable bonds is 12. The van der Waals surface area contributed by atoms with Crippen LogP contribution in [0.15, 0.2) is 60.7 Å². The van der Waals surface area contributed by atoms with E-state index in [9.17, 15) is 14.4 Å². The molecule has 0 aliphatic carbocycles. The number of carbonyl (C=O) groups excluding carboxylic acids is 3. The van der Waals surface area contributed by atoms with E-state index in [0.29, 0.717) is 30.9 Å². The topological polar surface area (TPSA) is 66.9 Å². The van der Waals surface area contributed by atoms with E-state index in [0.717, 1.165) is 36.3 Å². The van der Waals surface area contributed by atoms with E-state index in [1.54, 1.807) is 17.0 Å². The number of benzene rings is 2. The molecule has 6 nitrogen and oxygen atoms in total. The molecular weight excluding hydrogens is 440 g/mol. The molecule has 2 atom stereocenters. The summed E-state index contributed by atoms with van der Waals surface area (Å²) in [5.74, 6) is -2.03. The van der Waals surface area contributed by atoms with Crippen molar-refractivity contribution in [3.05, 3.63) is 77.4 Å². The molecule has 0 radical (unpaired) electrons. The second-order valence-electron chi connectivity index (χ2n) is 9.21. The van der Waals surface area contributed by atoms with Crippen molar-refractivity contribution < 1.29 is 19.1 Å². The van der Waals surface area contributed by atoms with Gasteiger partial charge in [-0.3, -0.25) is 14.4 Å². The Labute approximate surface area is 208 Å². The molecule has 1 fully saturated rings. The Morgan fingerprint density at radius 3 is 2.40 bits per heavy atom. The van der Waals surface area contributed by atoms with Crippen molar-refractivity contribution in [2.45, 2.75) is 40.2 Å². The zero-order valence-corrected chi connectivity index (χ0v) is 21.3. The molecule has 1 amide bonds. The highest BCUT2D eigenvalue weighted by Crippen LogP contribution is 2.39. The van der Waals surface area contributed by atoms with Crippen LogP contribution in [0, 0.1) is 12.8 Å². The Kier molecular flexibility index (Phi) is 8.99. The van der Waals surface area contributed by atoms with Crippen molar-refractivity contribution in [1.82, 2.24) is 9.80 Å². The van der Waals surface area contributed by atoms with Crippen LogP contribution in [-0.4, -0.2) is 60.1 Å². The maximum Gasteiger partial charge on any atom is 0.291 e. The van der Waals surface area contributed by atoms with Crippen LogP contribution in [0.3, 0.4) is 0 Å². The summed E-state index contributed by atoms with van der Waals surface area (Å²) in [6, 6.07) is 13.8. The van der Waals surface area contributed by atoms with Crippen LogP contribution < -0.4 is 4.74 Å². The lowest BCUT2D eigenvalue weighted by molar-refractivity contribution is -0.140. The smallest absolute Gasteiger partial charge is 0.291 e. The van der Waals surface area contributed by atoms with E-state index in [4.69, 9.17) is 4.74 Å². The zero-order valence-electron chi connectivity index (χ0n) is 21.3. The van der Waals surface area contributed by atoms with Crippen LogP contribution in [0.5, 0.6) is 5.75 Å². The van der Waals surface area contributed by atoms with E-state index < -0.39 is 23.7 Å². The molecule has 6 heteroatoms. The van der Waals surface area contributed by atoms with Gasteiger partial charge in [-0.15, -0.1) is 0 Å². The minimum atomic E-state index is -1.09. The van der Waals surface area contributed by atoms with Gasteiger partial charge in [0.15, 0.2) is 5.78 Å². The summed E-state index contributed by atoms with van der Waals surface area (Å²) in [6.45, 7) is 15.3. The Morgan fingerprint density at radius 2 is 1.77 bits per heavy atom. The molecule has 0 N–H and O–H groups in total. The molecule has 35 heavy (non-hydrogen) atoms. The van der Waals surface area contributed by atoms with Gasteiger partial charge in [0.25, 0.3) is 5.91 Å². The van der Waals surface area contributed by atoms with E-state index in [1.807, 2.05) is 50.2 Å². The molecule has 2 unspecified atom stereocenters. The van der Waals surface area contributed by atoms with Gasteiger partial charge in [0.2, 0.25) is 5.78 Å². The second-order valence-corrected chi connectivity index (χ2v) is 9.21. The lowest BCUT2D eigenvalue weighted by Gasteiger charge is -2.28. The van der Waals surface area contributed by atoms with Gasteiger partial charge in [-0.05, 0) is 63.2 Å².